The molecule has 0 amide bonds. The van der Waals surface area contributed by atoms with Crippen molar-refractivity contribution in [3.05, 3.63) is 187 Å². The number of benzene rings is 7. The third-order valence-corrected chi connectivity index (χ3v) is 14.5. The molecule has 0 radical (unpaired) electrons. The van der Waals surface area contributed by atoms with Gasteiger partial charge in [0.25, 0.3) is 0 Å². The Morgan fingerprint density at radius 2 is 0.860 bits per heavy atom. The molecular formula is C45H28N4Si. The second-order valence-electron chi connectivity index (χ2n) is 12.3. The zero-order valence-corrected chi connectivity index (χ0v) is 28.0. The third-order valence-electron chi connectivity index (χ3n) is 9.63. The molecule has 232 valence electrons. The number of nitrogens with zero attached hydrogens (tertiary/aromatic N) is 4. The minimum absolute atomic E-state index is 0.524. The van der Waals surface area contributed by atoms with Crippen LogP contribution >= 0.6 is 0 Å². The molecule has 0 bridgehead atoms. The van der Waals surface area contributed by atoms with Crippen molar-refractivity contribution < 1.29 is 0 Å². The summed E-state index contributed by atoms with van der Waals surface area (Å²) >= 11 is 0. The van der Waals surface area contributed by atoms with E-state index >= 15 is 0 Å². The molecule has 0 aliphatic carbocycles. The largest absolute Gasteiger partial charge is 0.309 e. The van der Waals surface area contributed by atoms with Gasteiger partial charge in [0, 0.05) is 16.3 Å². The Labute approximate surface area is 291 Å². The second kappa shape index (κ2) is 12.6. The highest BCUT2D eigenvalue weighted by molar-refractivity contribution is 7.20. The Morgan fingerprint density at radius 3 is 1.44 bits per heavy atom. The number of hydrogen-bond acceptors (Lipinski definition) is 3. The standard InChI is InChI=1S/C45H28N4Si/c46-29-32-20-23-43-39(26-32)38-18-10-11-19-42(38)49(43)44-24-21-33(30-47)27-40(44)41-28-34(31-48)22-25-45(41)50(35-12-4-1-5-13-35,36-14-6-2-7-15-36)37-16-8-3-9-17-37/h1-28H. The molecule has 0 saturated carbocycles. The smallest absolute Gasteiger partial charge is 0.180 e. The van der Waals surface area contributed by atoms with Crippen LogP contribution in [0.2, 0.25) is 0 Å². The fourth-order valence-corrected chi connectivity index (χ4v) is 12.5. The summed E-state index contributed by atoms with van der Waals surface area (Å²) in [6.07, 6.45) is 0. The van der Waals surface area contributed by atoms with Crippen molar-refractivity contribution in [3.8, 4) is 35.0 Å². The fourth-order valence-electron chi connectivity index (χ4n) is 7.51. The molecule has 8 rings (SSSR count). The monoisotopic (exact) mass is 652 g/mol. The van der Waals surface area contributed by atoms with Crippen molar-refractivity contribution in [1.29, 1.82) is 15.8 Å². The molecule has 0 fully saturated rings. The Balaban J connectivity index is 1.55. The predicted octanol–water partition coefficient (Wildman–Crippen LogP) is 7.44. The zero-order chi connectivity index (χ0) is 34.1. The Kier molecular flexibility index (Phi) is 7.63. The lowest BCUT2D eigenvalue weighted by molar-refractivity contribution is 1.18. The van der Waals surface area contributed by atoms with Gasteiger partial charge in [0.15, 0.2) is 8.07 Å². The van der Waals surface area contributed by atoms with Crippen LogP contribution in [-0.2, 0) is 0 Å². The first-order chi connectivity index (χ1) is 24.7. The van der Waals surface area contributed by atoms with E-state index in [4.69, 9.17) is 0 Å². The molecular weight excluding hydrogens is 625 g/mol. The van der Waals surface area contributed by atoms with Crippen molar-refractivity contribution in [3.63, 3.8) is 0 Å². The van der Waals surface area contributed by atoms with Gasteiger partial charge >= 0.3 is 0 Å². The normalized spacial score (nSPS) is 11.1. The Morgan fingerprint density at radius 1 is 0.400 bits per heavy atom. The summed E-state index contributed by atoms with van der Waals surface area (Å²) < 4.78 is 2.22. The van der Waals surface area contributed by atoms with Crippen molar-refractivity contribution in [2.24, 2.45) is 0 Å². The van der Waals surface area contributed by atoms with Crippen LogP contribution in [0.25, 0.3) is 38.6 Å². The molecule has 7 aromatic carbocycles. The molecule has 0 spiro atoms. The summed E-state index contributed by atoms with van der Waals surface area (Å²) in [5, 5.41) is 37.1. The van der Waals surface area contributed by atoms with E-state index in [1.165, 1.54) is 15.6 Å². The number of nitriles is 3. The lowest BCUT2D eigenvalue weighted by Crippen LogP contribution is -2.75. The van der Waals surface area contributed by atoms with Gasteiger partial charge in [0.05, 0.1) is 51.6 Å². The SMILES string of the molecule is N#Cc1ccc(-n2c3ccccc3c3cc(C#N)ccc32)c(-c2cc(C#N)ccc2[Si](c2ccccc2)(c2ccccc2)c2ccccc2)c1. The first-order valence-electron chi connectivity index (χ1n) is 16.4. The molecule has 1 aromatic heterocycles. The van der Waals surface area contributed by atoms with Crippen LogP contribution in [0.4, 0.5) is 0 Å². The van der Waals surface area contributed by atoms with Crippen LogP contribution in [-0.4, -0.2) is 12.6 Å². The molecule has 5 heteroatoms. The van der Waals surface area contributed by atoms with Crippen LogP contribution in [0.5, 0.6) is 0 Å². The molecule has 1 heterocycles. The maximum Gasteiger partial charge on any atom is 0.180 e. The molecule has 0 aliphatic rings. The summed E-state index contributed by atoms with van der Waals surface area (Å²) in [7, 11) is -3.06. The average Bonchev–Trinajstić information content (AvgIpc) is 3.52. The molecule has 0 saturated heterocycles. The Hall–Kier alpha value is -6.97. The van der Waals surface area contributed by atoms with E-state index in [1.807, 2.05) is 78.9 Å². The zero-order valence-electron chi connectivity index (χ0n) is 27.0. The van der Waals surface area contributed by atoms with Gasteiger partial charge in [-0.1, -0.05) is 115 Å². The summed E-state index contributed by atoms with van der Waals surface area (Å²) in [5.74, 6) is 0. The van der Waals surface area contributed by atoms with Crippen LogP contribution < -0.4 is 20.7 Å². The van der Waals surface area contributed by atoms with E-state index in [9.17, 15) is 15.8 Å². The molecule has 0 aliphatic heterocycles. The average molecular weight is 653 g/mol. The van der Waals surface area contributed by atoms with E-state index in [2.05, 4.69) is 114 Å². The summed E-state index contributed by atoms with van der Waals surface area (Å²) in [5.41, 5.74) is 6.22. The van der Waals surface area contributed by atoms with Crippen molar-refractivity contribution >= 4 is 50.6 Å². The third kappa shape index (κ3) is 4.80. The lowest BCUT2D eigenvalue weighted by atomic mass is 9.99. The summed E-state index contributed by atoms with van der Waals surface area (Å²) in [6, 6.07) is 65.0. The lowest BCUT2D eigenvalue weighted by Gasteiger charge is -2.36. The van der Waals surface area contributed by atoms with Crippen molar-refractivity contribution in [2.45, 2.75) is 0 Å². The fraction of sp³-hybridized carbons (Fsp3) is 0. The molecule has 0 unspecified atom stereocenters. The van der Waals surface area contributed by atoms with Crippen LogP contribution in [0.3, 0.4) is 0 Å². The number of fused-ring (bicyclic) bond motifs is 3. The van der Waals surface area contributed by atoms with E-state index in [0.29, 0.717) is 16.7 Å². The van der Waals surface area contributed by atoms with Gasteiger partial charge in [-0.15, -0.1) is 0 Å². The van der Waals surface area contributed by atoms with Crippen LogP contribution in [0, 0.1) is 34.0 Å². The first-order valence-corrected chi connectivity index (χ1v) is 18.4. The topological polar surface area (TPSA) is 76.3 Å². The molecule has 50 heavy (non-hydrogen) atoms. The quantitative estimate of drug-likeness (QED) is 0.138. The van der Waals surface area contributed by atoms with E-state index in [0.717, 1.165) is 43.8 Å². The molecule has 8 aromatic rings. The number of para-hydroxylation sites is 1. The minimum atomic E-state index is -3.06. The van der Waals surface area contributed by atoms with Crippen LogP contribution in [0.15, 0.2) is 170 Å². The summed E-state index contributed by atoms with van der Waals surface area (Å²) in [6.45, 7) is 0. The highest BCUT2D eigenvalue weighted by Gasteiger charge is 2.43. The van der Waals surface area contributed by atoms with Crippen molar-refractivity contribution in [1.82, 2.24) is 4.57 Å². The van der Waals surface area contributed by atoms with E-state index in [1.54, 1.807) is 0 Å². The van der Waals surface area contributed by atoms with Crippen molar-refractivity contribution in [2.75, 3.05) is 0 Å². The van der Waals surface area contributed by atoms with Gasteiger partial charge in [-0.05, 0) is 80.9 Å². The van der Waals surface area contributed by atoms with Gasteiger partial charge in [-0.25, -0.2) is 0 Å². The summed E-state index contributed by atoms with van der Waals surface area (Å²) in [4.78, 5) is 0. The maximum absolute atomic E-state index is 10.3. The highest BCUT2D eigenvalue weighted by atomic mass is 28.3. The molecule has 0 atom stereocenters. The number of rotatable bonds is 6. The highest BCUT2D eigenvalue weighted by Crippen LogP contribution is 2.37. The van der Waals surface area contributed by atoms with Gasteiger partial charge in [-0.2, -0.15) is 15.8 Å². The number of hydrogen-bond donors (Lipinski definition) is 0. The molecule has 0 N–H and O–H groups in total. The van der Waals surface area contributed by atoms with Gasteiger partial charge in [0.1, 0.15) is 0 Å². The maximum atomic E-state index is 10.3. The predicted molar refractivity (Wildman–Crippen MR) is 204 cm³/mol. The minimum Gasteiger partial charge on any atom is -0.309 e. The number of aromatic nitrogens is 1. The Bertz CT molecular complexity index is 2580. The first kappa shape index (κ1) is 30.4. The van der Waals surface area contributed by atoms with Gasteiger partial charge < -0.3 is 4.57 Å². The van der Waals surface area contributed by atoms with Gasteiger partial charge in [0.2, 0.25) is 0 Å². The van der Waals surface area contributed by atoms with Crippen LogP contribution in [0.1, 0.15) is 16.7 Å². The van der Waals surface area contributed by atoms with Gasteiger partial charge in [-0.3, -0.25) is 0 Å². The second-order valence-corrected chi connectivity index (χ2v) is 16.0. The van der Waals surface area contributed by atoms with E-state index < -0.39 is 8.07 Å². The van der Waals surface area contributed by atoms with E-state index in [-0.39, 0.29) is 0 Å². The molecule has 4 nitrogen and oxygen atoms in total.